The molecule has 0 aliphatic heterocycles. The molecule has 0 aliphatic carbocycles. The van der Waals surface area contributed by atoms with E-state index < -0.39 is 17.8 Å². The molecule has 0 amide bonds. The van der Waals surface area contributed by atoms with Crippen LogP contribution < -0.4 is 5.32 Å². The minimum Gasteiger partial charge on any atom is -0.467 e. The monoisotopic (exact) mass is 273 g/mol. The Morgan fingerprint density at radius 2 is 1.80 bits per heavy atom. The fraction of sp³-hybridized carbons (Fsp3) is 0.188. The first-order valence-electron chi connectivity index (χ1n) is 6.27. The lowest BCUT2D eigenvalue weighted by Crippen LogP contribution is -2.22. The van der Waals surface area contributed by atoms with E-state index in [1.807, 2.05) is 31.2 Å². The number of halogens is 1. The normalized spacial score (nSPS) is 11.8. The maximum absolute atomic E-state index is 13.7. The lowest BCUT2D eigenvalue weighted by Gasteiger charge is -2.18. The molecule has 0 heterocycles. The molecule has 2 rings (SSSR count). The van der Waals surface area contributed by atoms with Crippen molar-refractivity contribution in [3.05, 3.63) is 65.5 Å². The molecule has 1 unspecified atom stereocenters. The molecule has 2 aromatic rings. The van der Waals surface area contributed by atoms with E-state index in [2.05, 4.69) is 5.32 Å². The third-order valence-electron chi connectivity index (χ3n) is 3.02. The molecular formula is C16H16FNO2. The Balaban J connectivity index is 2.31. The fourth-order valence-electron chi connectivity index (χ4n) is 1.89. The molecule has 0 saturated heterocycles. The van der Waals surface area contributed by atoms with Crippen LogP contribution in [0.25, 0.3) is 0 Å². The first kappa shape index (κ1) is 14.1. The third-order valence-corrected chi connectivity index (χ3v) is 3.02. The van der Waals surface area contributed by atoms with Gasteiger partial charge in [0.05, 0.1) is 12.8 Å². The minimum absolute atomic E-state index is 0.267. The number of methoxy groups -OCH3 is 1. The molecule has 1 N–H and O–H groups in total. The molecule has 0 radical (unpaired) electrons. The molecule has 0 spiro atoms. The molecule has 0 fully saturated rings. The Hall–Kier alpha value is -2.36. The summed E-state index contributed by atoms with van der Waals surface area (Å²) in [4.78, 5) is 11.9. The lowest BCUT2D eigenvalue weighted by molar-refractivity contribution is -0.141. The number of para-hydroxylation sites is 1. The Bertz CT molecular complexity index is 596. The van der Waals surface area contributed by atoms with Crippen LogP contribution in [0.4, 0.5) is 10.1 Å². The molecule has 104 valence electrons. The van der Waals surface area contributed by atoms with Crippen molar-refractivity contribution in [3.8, 4) is 0 Å². The summed E-state index contributed by atoms with van der Waals surface area (Å²) in [6.07, 6.45) is 0. The number of anilines is 1. The lowest BCUT2D eigenvalue weighted by atomic mass is 10.0. The molecule has 4 heteroatoms. The number of nitrogens with one attached hydrogen (secondary N) is 1. The molecule has 0 bridgehead atoms. The Kier molecular flexibility index (Phi) is 4.35. The van der Waals surface area contributed by atoms with Crippen LogP contribution >= 0.6 is 0 Å². The third kappa shape index (κ3) is 3.15. The van der Waals surface area contributed by atoms with Gasteiger partial charge in [-0.1, -0.05) is 42.0 Å². The average Bonchev–Trinajstić information content (AvgIpc) is 2.47. The van der Waals surface area contributed by atoms with E-state index in [9.17, 15) is 9.18 Å². The quantitative estimate of drug-likeness (QED) is 0.867. The van der Waals surface area contributed by atoms with Crippen molar-refractivity contribution in [3.63, 3.8) is 0 Å². The first-order valence-corrected chi connectivity index (χ1v) is 6.27. The van der Waals surface area contributed by atoms with Gasteiger partial charge in [-0.2, -0.15) is 0 Å². The van der Waals surface area contributed by atoms with Gasteiger partial charge in [-0.15, -0.1) is 0 Å². The van der Waals surface area contributed by atoms with Gasteiger partial charge in [0.25, 0.3) is 0 Å². The fourth-order valence-corrected chi connectivity index (χ4v) is 1.89. The Labute approximate surface area is 117 Å². The van der Waals surface area contributed by atoms with Crippen LogP contribution in [-0.4, -0.2) is 13.1 Å². The zero-order valence-corrected chi connectivity index (χ0v) is 11.4. The first-order chi connectivity index (χ1) is 9.61. The summed E-state index contributed by atoms with van der Waals surface area (Å²) in [6.45, 7) is 1.96. The number of rotatable bonds is 4. The van der Waals surface area contributed by atoms with E-state index in [0.29, 0.717) is 0 Å². The predicted octanol–water partition coefficient (Wildman–Crippen LogP) is 3.46. The number of ether oxygens (including phenoxy) is 1. The number of aryl methyl sites for hydroxylation is 1. The number of carbonyl (C=O) groups excluding carboxylic acids is 1. The highest BCUT2D eigenvalue weighted by Gasteiger charge is 2.22. The van der Waals surface area contributed by atoms with E-state index >= 15 is 0 Å². The predicted molar refractivity (Wildman–Crippen MR) is 76.0 cm³/mol. The Morgan fingerprint density at radius 1 is 1.15 bits per heavy atom. The van der Waals surface area contributed by atoms with Gasteiger partial charge in [-0.05, 0) is 24.6 Å². The highest BCUT2D eigenvalue weighted by atomic mass is 19.1. The molecule has 1 atom stereocenters. The molecular weight excluding hydrogens is 257 g/mol. The summed E-state index contributed by atoms with van der Waals surface area (Å²) < 4.78 is 18.5. The zero-order valence-electron chi connectivity index (χ0n) is 11.4. The van der Waals surface area contributed by atoms with Crippen molar-refractivity contribution in [1.29, 1.82) is 0 Å². The van der Waals surface area contributed by atoms with E-state index in [1.165, 1.54) is 13.2 Å². The summed E-state index contributed by atoms with van der Waals surface area (Å²) >= 11 is 0. The highest BCUT2D eigenvalue weighted by molar-refractivity contribution is 5.81. The van der Waals surface area contributed by atoms with E-state index in [4.69, 9.17) is 4.74 Å². The number of carbonyl (C=O) groups is 1. The topological polar surface area (TPSA) is 38.3 Å². The summed E-state index contributed by atoms with van der Waals surface area (Å²) in [5.74, 6) is -0.870. The highest BCUT2D eigenvalue weighted by Crippen LogP contribution is 2.23. The standard InChI is InChI=1S/C16H16FNO2/c1-11-7-9-12(10-8-11)15(16(19)20-2)18-14-6-4-3-5-13(14)17/h3-10,15,18H,1-2H3. The van der Waals surface area contributed by atoms with Crippen LogP contribution in [0.15, 0.2) is 48.5 Å². The minimum atomic E-state index is -0.738. The van der Waals surface area contributed by atoms with Crippen molar-refractivity contribution in [2.24, 2.45) is 0 Å². The van der Waals surface area contributed by atoms with Crippen molar-refractivity contribution >= 4 is 11.7 Å². The SMILES string of the molecule is COC(=O)C(Nc1ccccc1F)c1ccc(C)cc1. The number of hydrogen-bond acceptors (Lipinski definition) is 3. The molecule has 0 aliphatic rings. The maximum Gasteiger partial charge on any atom is 0.332 e. The summed E-state index contributed by atoms with van der Waals surface area (Å²) in [6, 6.07) is 12.9. The van der Waals surface area contributed by atoms with Gasteiger partial charge >= 0.3 is 5.97 Å². The largest absolute Gasteiger partial charge is 0.467 e. The maximum atomic E-state index is 13.7. The van der Waals surface area contributed by atoms with Crippen LogP contribution in [0.5, 0.6) is 0 Å². The molecule has 20 heavy (non-hydrogen) atoms. The summed E-state index contributed by atoms with van der Waals surface area (Å²) in [5.41, 5.74) is 2.08. The van der Waals surface area contributed by atoms with E-state index in [0.717, 1.165) is 11.1 Å². The van der Waals surface area contributed by atoms with Crippen LogP contribution in [-0.2, 0) is 9.53 Å². The van der Waals surface area contributed by atoms with Gasteiger partial charge in [-0.3, -0.25) is 0 Å². The second-order valence-electron chi connectivity index (χ2n) is 4.49. The van der Waals surface area contributed by atoms with Gasteiger partial charge < -0.3 is 10.1 Å². The number of hydrogen-bond donors (Lipinski definition) is 1. The number of benzene rings is 2. The van der Waals surface area contributed by atoms with Crippen LogP contribution in [0.2, 0.25) is 0 Å². The molecule has 3 nitrogen and oxygen atoms in total. The van der Waals surface area contributed by atoms with Crippen LogP contribution in [0.3, 0.4) is 0 Å². The van der Waals surface area contributed by atoms with E-state index in [-0.39, 0.29) is 5.69 Å². The van der Waals surface area contributed by atoms with Gasteiger partial charge in [0.2, 0.25) is 0 Å². The smallest absolute Gasteiger partial charge is 0.332 e. The van der Waals surface area contributed by atoms with Crippen molar-refractivity contribution in [2.45, 2.75) is 13.0 Å². The van der Waals surface area contributed by atoms with Crippen molar-refractivity contribution in [1.82, 2.24) is 0 Å². The summed E-state index contributed by atoms with van der Waals surface area (Å²) in [7, 11) is 1.31. The molecule has 2 aromatic carbocycles. The van der Waals surface area contributed by atoms with Gasteiger partial charge in [0, 0.05) is 0 Å². The second kappa shape index (κ2) is 6.19. The van der Waals surface area contributed by atoms with Crippen molar-refractivity contribution in [2.75, 3.05) is 12.4 Å². The second-order valence-corrected chi connectivity index (χ2v) is 4.49. The van der Waals surface area contributed by atoms with Crippen LogP contribution in [0.1, 0.15) is 17.2 Å². The number of esters is 1. The Morgan fingerprint density at radius 3 is 2.40 bits per heavy atom. The zero-order chi connectivity index (χ0) is 14.5. The van der Waals surface area contributed by atoms with Crippen molar-refractivity contribution < 1.29 is 13.9 Å². The van der Waals surface area contributed by atoms with E-state index in [1.54, 1.807) is 18.2 Å². The van der Waals surface area contributed by atoms with Gasteiger partial charge in [-0.25, -0.2) is 9.18 Å². The molecule has 0 saturated carbocycles. The molecule has 0 aromatic heterocycles. The van der Waals surface area contributed by atoms with Gasteiger partial charge in [0.1, 0.15) is 5.82 Å². The van der Waals surface area contributed by atoms with Gasteiger partial charge in [0.15, 0.2) is 6.04 Å². The average molecular weight is 273 g/mol. The summed E-state index contributed by atoms with van der Waals surface area (Å²) in [5, 5.41) is 2.88. The van der Waals surface area contributed by atoms with Crippen LogP contribution in [0, 0.1) is 12.7 Å².